The van der Waals surface area contributed by atoms with Crippen molar-refractivity contribution < 1.29 is 8.42 Å². The van der Waals surface area contributed by atoms with Crippen LogP contribution in [0.3, 0.4) is 0 Å². The zero-order valence-electron chi connectivity index (χ0n) is 11.9. The lowest BCUT2D eigenvalue weighted by Crippen LogP contribution is -2.35. The zero-order valence-corrected chi connectivity index (χ0v) is 13.5. The van der Waals surface area contributed by atoms with Crippen molar-refractivity contribution in [2.75, 3.05) is 12.3 Å². The molecule has 5 heteroatoms. The maximum absolute atomic E-state index is 12.0. The van der Waals surface area contributed by atoms with E-state index in [4.69, 9.17) is 11.6 Å². The normalized spacial score (nSPS) is 14.4. The van der Waals surface area contributed by atoms with Gasteiger partial charge in [-0.05, 0) is 45.4 Å². The molecule has 19 heavy (non-hydrogen) atoms. The van der Waals surface area contributed by atoms with E-state index in [2.05, 4.69) is 5.32 Å². The first-order valence-corrected chi connectivity index (χ1v) is 8.37. The van der Waals surface area contributed by atoms with E-state index in [0.717, 1.165) is 5.56 Å². The van der Waals surface area contributed by atoms with Crippen LogP contribution in [0.25, 0.3) is 0 Å². The molecule has 1 aromatic rings. The molecule has 0 spiro atoms. The molecule has 0 bridgehead atoms. The van der Waals surface area contributed by atoms with Gasteiger partial charge in [-0.25, -0.2) is 8.42 Å². The molecule has 1 rings (SSSR count). The van der Waals surface area contributed by atoms with Gasteiger partial charge in [0.15, 0.2) is 9.84 Å². The fourth-order valence-corrected chi connectivity index (χ4v) is 2.71. The van der Waals surface area contributed by atoms with Gasteiger partial charge >= 0.3 is 0 Å². The smallest absolute Gasteiger partial charge is 0.156 e. The molecule has 0 radical (unpaired) electrons. The number of benzene rings is 1. The average Bonchev–Trinajstić information content (AvgIpc) is 2.28. The van der Waals surface area contributed by atoms with Crippen LogP contribution in [-0.4, -0.2) is 25.5 Å². The Morgan fingerprint density at radius 1 is 1.21 bits per heavy atom. The van der Waals surface area contributed by atoms with Crippen LogP contribution in [0.2, 0.25) is 5.02 Å². The van der Waals surface area contributed by atoms with Crippen molar-refractivity contribution in [1.82, 2.24) is 5.32 Å². The molecule has 0 aromatic heterocycles. The highest BCUT2D eigenvalue weighted by atomic mass is 35.5. The van der Waals surface area contributed by atoms with Gasteiger partial charge in [-0.2, -0.15) is 0 Å². The molecule has 0 fully saturated rings. The zero-order chi connectivity index (χ0) is 14.7. The molecule has 3 nitrogen and oxygen atoms in total. The molecule has 0 amide bonds. The first-order chi connectivity index (χ1) is 8.63. The summed E-state index contributed by atoms with van der Waals surface area (Å²) in [5, 5.41) is 3.92. The highest BCUT2D eigenvalue weighted by Crippen LogP contribution is 2.17. The number of rotatable bonds is 5. The predicted octanol–water partition coefficient (Wildman–Crippen LogP) is 3.20. The fraction of sp³-hybridized carbons (Fsp3) is 0.571. The summed E-state index contributed by atoms with van der Waals surface area (Å²) in [4.78, 5) is 0. The monoisotopic (exact) mass is 303 g/mol. The SMILES string of the molecule is CC(NCCS(=O)(=O)C(C)(C)C)c1ccc(Cl)cc1. The van der Waals surface area contributed by atoms with Gasteiger partial charge in [0, 0.05) is 17.6 Å². The molecular formula is C14H22ClNO2S. The van der Waals surface area contributed by atoms with Crippen molar-refractivity contribution in [2.45, 2.75) is 38.5 Å². The maximum atomic E-state index is 12.0. The second-order valence-corrected chi connectivity index (χ2v) is 8.96. The summed E-state index contributed by atoms with van der Waals surface area (Å²) < 4.78 is 23.2. The van der Waals surface area contributed by atoms with Crippen LogP contribution in [0.15, 0.2) is 24.3 Å². The standard InChI is InChI=1S/C14H22ClNO2S/c1-11(12-5-7-13(15)8-6-12)16-9-10-19(17,18)14(2,3)4/h5-8,11,16H,9-10H2,1-4H3. The molecule has 0 saturated carbocycles. The summed E-state index contributed by atoms with van der Waals surface area (Å²) in [5.74, 6) is 0.147. The van der Waals surface area contributed by atoms with Crippen molar-refractivity contribution >= 4 is 21.4 Å². The lowest BCUT2D eigenvalue weighted by Gasteiger charge is -2.20. The lowest BCUT2D eigenvalue weighted by atomic mass is 10.1. The molecule has 1 aromatic carbocycles. The Kier molecular flexibility index (Phi) is 5.42. The van der Waals surface area contributed by atoms with Crippen LogP contribution in [-0.2, 0) is 9.84 Å². The van der Waals surface area contributed by atoms with E-state index in [9.17, 15) is 8.42 Å². The third-order valence-electron chi connectivity index (χ3n) is 3.12. The van der Waals surface area contributed by atoms with Crippen molar-refractivity contribution in [2.24, 2.45) is 0 Å². The highest BCUT2D eigenvalue weighted by molar-refractivity contribution is 7.92. The van der Waals surface area contributed by atoms with Crippen molar-refractivity contribution in [3.8, 4) is 0 Å². The second kappa shape index (κ2) is 6.25. The molecule has 0 aliphatic rings. The summed E-state index contributed by atoms with van der Waals surface area (Å²) in [6.45, 7) is 7.64. The van der Waals surface area contributed by atoms with E-state index in [1.807, 2.05) is 31.2 Å². The minimum atomic E-state index is -3.07. The first-order valence-electron chi connectivity index (χ1n) is 6.34. The molecule has 1 unspecified atom stereocenters. The summed E-state index contributed by atoms with van der Waals surface area (Å²) in [7, 11) is -3.07. The molecule has 0 aliphatic carbocycles. The quantitative estimate of drug-likeness (QED) is 0.908. The van der Waals surface area contributed by atoms with Crippen LogP contribution >= 0.6 is 11.6 Å². The van der Waals surface area contributed by atoms with Crippen LogP contribution in [0.5, 0.6) is 0 Å². The molecule has 1 N–H and O–H groups in total. The minimum absolute atomic E-state index is 0.104. The third kappa shape index (κ3) is 4.79. The van der Waals surface area contributed by atoms with Gasteiger partial charge < -0.3 is 5.32 Å². The Balaban J connectivity index is 2.52. The number of hydrogen-bond donors (Lipinski definition) is 1. The van der Waals surface area contributed by atoms with Gasteiger partial charge in [0.2, 0.25) is 0 Å². The molecule has 0 aliphatic heterocycles. The Bertz CT molecular complexity index is 503. The first kappa shape index (κ1) is 16.5. The molecule has 0 saturated heterocycles. The van der Waals surface area contributed by atoms with Gasteiger partial charge in [0.05, 0.1) is 10.5 Å². The Morgan fingerprint density at radius 3 is 2.21 bits per heavy atom. The van der Waals surface area contributed by atoms with E-state index in [0.29, 0.717) is 11.6 Å². The minimum Gasteiger partial charge on any atom is -0.309 e. The highest BCUT2D eigenvalue weighted by Gasteiger charge is 2.28. The van der Waals surface area contributed by atoms with E-state index < -0.39 is 14.6 Å². The van der Waals surface area contributed by atoms with Gasteiger partial charge in [0.25, 0.3) is 0 Å². The summed E-state index contributed by atoms with van der Waals surface area (Å²) in [5.41, 5.74) is 1.09. The van der Waals surface area contributed by atoms with E-state index in [1.165, 1.54) is 0 Å². The van der Waals surface area contributed by atoms with Gasteiger partial charge in [-0.15, -0.1) is 0 Å². The van der Waals surface area contributed by atoms with E-state index in [-0.39, 0.29) is 11.8 Å². The molecule has 108 valence electrons. The fourth-order valence-electron chi connectivity index (χ4n) is 1.59. The van der Waals surface area contributed by atoms with Crippen LogP contribution in [0.4, 0.5) is 0 Å². The summed E-state index contributed by atoms with van der Waals surface area (Å²) >= 11 is 5.83. The van der Waals surface area contributed by atoms with Crippen molar-refractivity contribution in [3.05, 3.63) is 34.9 Å². The Morgan fingerprint density at radius 2 is 1.74 bits per heavy atom. The Hall–Kier alpha value is -0.580. The largest absolute Gasteiger partial charge is 0.309 e. The topological polar surface area (TPSA) is 46.2 Å². The predicted molar refractivity (Wildman–Crippen MR) is 81.4 cm³/mol. The van der Waals surface area contributed by atoms with Crippen molar-refractivity contribution in [3.63, 3.8) is 0 Å². The van der Waals surface area contributed by atoms with Crippen LogP contribution in [0, 0.1) is 0 Å². The number of halogens is 1. The molecule has 1 atom stereocenters. The van der Waals surface area contributed by atoms with Gasteiger partial charge in [0.1, 0.15) is 0 Å². The third-order valence-corrected chi connectivity index (χ3v) is 5.98. The molecule has 0 heterocycles. The van der Waals surface area contributed by atoms with Gasteiger partial charge in [-0.1, -0.05) is 23.7 Å². The number of nitrogens with one attached hydrogen (secondary N) is 1. The van der Waals surface area contributed by atoms with Crippen LogP contribution < -0.4 is 5.32 Å². The summed E-state index contributed by atoms with van der Waals surface area (Å²) in [6, 6.07) is 7.66. The maximum Gasteiger partial charge on any atom is 0.156 e. The van der Waals surface area contributed by atoms with E-state index >= 15 is 0 Å². The number of sulfone groups is 1. The van der Waals surface area contributed by atoms with E-state index in [1.54, 1.807) is 20.8 Å². The van der Waals surface area contributed by atoms with Crippen LogP contribution in [0.1, 0.15) is 39.3 Å². The van der Waals surface area contributed by atoms with Crippen molar-refractivity contribution in [1.29, 1.82) is 0 Å². The lowest BCUT2D eigenvalue weighted by molar-refractivity contribution is 0.546. The Labute approximate surface area is 121 Å². The average molecular weight is 304 g/mol. The summed E-state index contributed by atoms with van der Waals surface area (Å²) in [6.07, 6.45) is 0. The van der Waals surface area contributed by atoms with Gasteiger partial charge in [-0.3, -0.25) is 0 Å². The second-order valence-electron chi connectivity index (χ2n) is 5.66. The molecular weight excluding hydrogens is 282 g/mol. The number of hydrogen-bond acceptors (Lipinski definition) is 3.